The maximum atomic E-state index is 9.69. The zero-order chi connectivity index (χ0) is 12.1. The molecule has 1 atom stereocenters. The van der Waals surface area contributed by atoms with Gasteiger partial charge in [-0.25, -0.2) is 0 Å². The Labute approximate surface area is 98.3 Å². The molecule has 1 rings (SSSR count). The van der Waals surface area contributed by atoms with E-state index in [1.807, 2.05) is 18.2 Å². The van der Waals surface area contributed by atoms with Gasteiger partial charge in [-0.05, 0) is 27.1 Å². The molecule has 0 bridgehead atoms. The van der Waals surface area contributed by atoms with Crippen LogP contribution in [0.4, 0.5) is 5.69 Å². The van der Waals surface area contributed by atoms with Gasteiger partial charge in [0.1, 0.15) is 0 Å². The second kappa shape index (κ2) is 5.87. The minimum absolute atomic E-state index is 0.419. The predicted octanol–water partition coefficient (Wildman–Crippen LogP) is 1.74. The maximum absolute atomic E-state index is 9.69. The molecule has 0 saturated heterocycles. The number of aliphatic hydroxyl groups is 1. The largest absolute Gasteiger partial charge is 0.389 e. The molecular formula is C13H22N2O. The van der Waals surface area contributed by atoms with Gasteiger partial charge in [-0.15, -0.1) is 0 Å². The van der Waals surface area contributed by atoms with Crippen LogP contribution in [0.5, 0.6) is 0 Å². The molecule has 0 spiro atoms. The molecule has 0 aliphatic heterocycles. The first-order valence-electron chi connectivity index (χ1n) is 5.65. The van der Waals surface area contributed by atoms with Crippen LogP contribution >= 0.6 is 0 Å². The van der Waals surface area contributed by atoms with Crippen molar-refractivity contribution < 1.29 is 5.11 Å². The van der Waals surface area contributed by atoms with E-state index in [-0.39, 0.29) is 0 Å². The second-order valence-electron chi connectivity index (χ2n) is 4.46. The van der Waals surface area contributed by atoms with E-state index in [0.717, 1.165) is 24.3 Å². The lowest BCUT2D eigenvalue weighted by atomic mass is 10.1. The minimum Gasteiger partial charge on any atom is -0.389 e. The quantitative estimate of drug-likeness (QED) is 0.822. The van der Waals surface area contributed by atoms with Gasteiger partial charge in [-0.2, -0.15) is 0 Å². The van der Waals surface area contributed by atoms with Gasteiger partial charge in [0, 0.05) is 31.4 Å². The summed E-state index contributed by atoms with van der Waals surface area (Å²) in [6.07, 6.45) is -0.419. The first kappa shape index (κ1) is 13.0. The molecule has 3 nitrogen and oxygen atoms in total. The van der Waals surface area contributed by atoms with Crippen LogP contribution in [0.1, 0.15) is 18.6 Å². The summed E-state index contributed by atoms with van der Waals surface area (Å²) >= 11 is 0. The van der Waals surface area contributed by atoms with Crippen LogP contribution < -0.4 is 4.90 Å². The molecule has 0 heterocycles. The topological polar surface area (TPSA) is 26.7 Å². The highest BCUT2D eigenvalue weighted by Gasteiger charge is 2.10. The van der Waals surface area contributed by atoms with E-state index in [1.165, 1.54) is 0 Å². The molecule has 0 radical (unpaired) electrons. The highest BCUT2D eigenvalue weighted by Crippen LogP contribution is 2.24. The highest BCUT2D eigenvalue weighted by molar-refractivity contribution is 5.53. The number of para-hydroxylation sites is 1. The van der Waals surface area contributed by atoms with Gasteiger partial charge in [0.25, 0.3) is 0 Å². The molecular weight excluding hydrogens is 200 g/mol. The van der Waals surface area contributed by atoms with E-state index < -0.39 is 6.10 Å². The molecule has 0 aliphatic carbocycles. The summed E-state index contributed by atoms with van der Waals surface area (Å²) in [5.74, 6) is 0. The molecule has 0 fully saturated rings. The second-order valence-corrected chi connectivity index (χ2v) is 4.46. The Balaban J connectivity index is 2.77. The zero-order valence-corrected chi connectivity index (χ0v) is 10.6. The van der Waals surface area contributed by atoms with Crippen molar-refractivity contribution in [1.82, 2.24) is 4.90 Å². The van der Waals surface area contributed by atoms with E-state index in [2.05, 4.69) is 37.0 Å². The van der Waals surface area contributed by atoms with E-state index in [1.54, 1.807) is 6.92 Å². The fourth-order valence-corrected chi connectivity index (χ4v) is 1.66. The molecule has 0 aliphatic rings. The van der Waals surface area contributed by atoms with Crippen LogP contribution in [-0.2, 0) is 0 Å². The first-order valence-corrected chi connectivity index (χ1v) is 5.65. The molecule has 16 heavy (non-hydrogen) atoms. The van der Waals surface area contributed by atoms with E-state index in [9.17, 15) is 5.11 Å². The molecule has 0 amide bonds. The number of anilines is 1. The Morgan fingerprint density at radius 3 is 2.31 bits per heavy atom. The summed E-state index contributed by atoms with van der Waals surface area (Å²) in [4.78, 5) is 4.34. The fourth-order valence-electron chi connectivity index (χ4n) is 1.66. The third-order valence-corrected chi connectivity index (χ3v) is 2.68. The van der Waals surface area contributed by atoms with Gasteiger partial charge >= 0.3 is 0 Å². The molecule has 0 aromatic heterocycles. The number of hydrogen-bond donors (Lipinski definition) is 1. The number of aliphatic hydroxyl groups excluding tert-OH is 1. The van der Waals surface area contributed by atoms with Gasteiger partial charge in [-0.1, -0.05) is 18.2 Å². The summed E-state index contributed by atoms with van der Waals surface area (Å²) in [6.45, 7) is 3.76. The van der Waals surface area contributed by atoms with Crippen molar-refractivity contribution in [3.05, 3.63) is 29.8 Å². The van der Waals surface area contributed by atoms with Gasteiger partial charge in [0.2, 0.25) is 0 Å². The van der Waals surface area contributed by atoms with Gasteiger partial charge < -0.3 is 14.9 Å². The van der Waals surface area contributed by atoms with Crippen molar-refractivity contribution in [2.75, 3.05) is 39.1 Å². The van der Waals surface area contributed by atoms with Crippen LogP contribution in [0.25, 0.3) is 0 Å². The van der Waals surface area contributed by atoms with Crippen molar-refractivity contribution in [2.24, 2.45) is 0 Å². The standard InChI is InChI=1S/C13H22N2O/c1-11(16)12-7-5-6-8-13(12)15(4)10-9-14(2)3/h5-8,11,16H,9-10H2,1-4H3. The van der Waals surface area contributed by atoms with Crippen LogP contribution in [0.3, 0.4) is 0 Å². The molecule has 1 N–H and O–H groups in total. The summed E-state index contributed by atoms with van der Waals surface area (Å²) in [7, 11) is 6.19. The lowest BCUT2D eigenvalue weighted by Crippen LogP contribution is -2.29. The number of rotatable bonds is 5. The Bertz CT molecular complexity index is 323. The monoisotopic (exact) mass is 222 g/mol. The van der Waals surface area contributed by atoms with Crippen LogP contribution in [0.2, 0.25) is 0 Å². The molecule has 0 saturated carbocycles. The number of hydrogen-bond acceptors (Lipinski definition) is 3. The lowest BCUT2D eigenvalue weighted by molar-refractivity contribution is 0.199. The predicted molar refractivity (Wildman–Crippen MR) is 68.9 cm³/mol. The smallest absolute Gasteiger partial charge is 0.0781 e. The highest BCUT2D eigenvalue weighted by atomic mass is 16.3. The van der Waals surface area contributed by atoms with Crippen molar-refractivity contribution in [2.45, 2.75) is 13.0 Å². The summed E-state index contributed by atoms with van der Waals surface area (Å²) in [6, 6.07) is 8.00. The van der Waals surface area contributed by atoms with Crippen molar-refractivity contribution >= 4 is 5.69 Å². The molecule has 1 aromatic carbocycles. The molecule has 1 unspecified atom stereocenters. The normalized spacial score (nSPS) is 12.9. The molecule has 90 valence electrons. The summed E-state index contributed by atoms with van der Waals surface area (Å²) < 4.78 is 0. The van der Waals surface area contributed by atoms with Crippen LogP contribution in [0, 0.1) is 0 Å². The van der Waals surface area contributed by atoms with Gasteiger partial charge in [0.15, 0.2) is 0 Å². The minimum atomic E-state index is -0.419. The number of benzene rings is 1. The average molecular weight is 222 g/mol. The third kappa shape index (κ3) is 3.51. The summed E-state index contributed by atoms with van der Waals surface area (Å²) in [5, 5.41) is 9.69. The number of nitrogens with zero attached hydrogens (tertiary/aromatic N) is 2. The first-order chi connectivity index (χ1) is 7.52. The van der Waals surface area contributed by atoms with Crippen molar-refractivity contribution in [3.8, 4) is 0 Å². The Hall–Kier alpha value is -1.06. The van der Waals surface area contributed by atoms with Gasteiger partial charge in [0.05, 0.1) is 6.10 Å². The zero-order valence-electron chi connectivity index (χ0n) is 10.6. The van der Waals surface area contributed by atoms with Crippen LogP contribution in [0.15, 0.2) is 24.3 Å². The average Bonchev–Trinajstić information content (AvgIpc) is 2.25. The van der Waals surface area contributed by atoms with Gasteiger partial charge in [-0.3, -0.25) is 0 Å². The van der Waals surface area contributed by atoms with E-state index >= 15 is 0 Å². The SMILES string of the molecule is CC(O)c1ccccc1N(C)CCN(C)C. The van der Waals surface area contributed by atoms with E-state index in [0.29, 0.717) is 0 Å². The fraction of sp³-hybridized carbons (Fsp3) is 0.538. The number of likely N-dealkylation sites (N-methyl/N-ethyl adjacent to an activating group) is 2. The Kier molecular flexibility index (Phi) is 4.77. The Morgan fingerprint density at radius 2 is 1.75 bits per heavy atom. The molecule has 1 aromatic rings. The maximum Gasteiger partial charge on any atom is 0.0781 e. The summed E-state index contributed by atoms with van der Waals surface area (Å²) in [5.41, 5.74) is 2.10. The van der Waals surface area contributed by atoms with Crippen LogP contribution in [-0.4, -0.2) is 44.2 Å². The lowest BCUT2D eigenvalue weighted by Gasteiger charge is -2.25. The third-order valence-electron chi connectivity index (χ3n) is 2.68. The molecule has 3 heteroatoms. The Morgan fingerprint density at radius 1 is 1.12 bits per heavy atom. The van der Waals surface area contributed by atoms with E-state index in [4.69, 9.17) is 0 Å². The van der Waals surface area contributed by atoms with Crippen molar-refractivity contribution in [3.63, 3.8) is 0 Å². The van der Waals surface area contributed by atoms with Crippen molar-refractivity contribution in [1.29, 1.82) is 0 Å².